The maximum Gasteiger partial charge on any atom is 0.262 e. The molecule has 0 saturated heterocycles. The van der Waals surface area contributed by atoms with E-state index in [0.29, 0.717) is 36.1 Å². The van der Waals surface area contributed by atoms with E-state index in [0.717, 1.165) is 10.5 Å². The van der Waals surface area contributed by atoms with Crippen LogP contribution in [0.1, 0.15) is 59.9 Å². The summed E-state index contributed by atoms with van der Waals surface area (Å²) in [6.07, 6.45) is 1.74. The first-order valence-corrected chi connectivity index (χ1v) is 10.4. The van der Waals surface area contributed by atoms with Crippen LogP contribution in [0.15, 0.2) is 42.5 Å². The highest BCUT2D eigenvalue weighted by atomic mass is 19.1. The van der Waals surface area contributed by atoms with E-state index in [1.807, 2.05) is 20.8 Å². The molecule has 156 valence electrons. The number of hydrogen-bond donors (Lipinski definition) is 0. The smallest absolute Gasteiger partial charge is 0.262 e. The molecule has 0 aromatic heterocycles. The van der Waals surface area contributed by atoms with Gasteiger partial charge in [0, 0.05) is 11.7 Å². The molecule has 5 nitrogen and oxygen atoms in total. The number of amides is 3. The highest BCUT2D eigenvalue weighted by Crippen LogP contribution is 2.34. The van der Waals surface area contributed by atoms with Crippen LogP contribution in [-0.2, 0) is 11.2 Å². The molecule has 2 heterocycles. The Hall–Kier alpha value is -3.02. The number of aryl methyl sites for hydroxylation is 1. The number of halogens is 1. The van der Waals surface area contributed by atoms with E-state index in [1.165, 1.54) is 12.1 Å². The Kier molecular flexibility index (Phi) is 5.18. The minimum atomic E-state index is -0.907. The molecular weight excluding hydrogens is 383 g/mol. The molecule has 2 aliphatic rings. The van der Waals surface area contributed by atoms with Crippen molar-refractivity contribution in [2.45, 2.75) is 52.1 Å². The molecule has 3 amide bonds. The summed E-state index contributed by atoms with van der Waals surface area (Å²) in [5.41, 5.74) is 2.09. The fourth-order valence-corrected chi connectivity index (χ4v) is 4.47. The van der Waals surface area contributed by atoms with Crippen LogP contribution in [0.2, 0.25) is 0 Å². The molecule has 4 rings (SSSR count). The van der Waals surface area contributed by atoms with Crippen LogP contribution < -0.4 is 4.90 Å². The van der Waals surface area contributed by atoms with E-state index >= 15 is 0 Å². The Morgan fingerprint density at radius 3 is 2.33 bits per heavy atom. The van der Waals surface area contributed by atoms with Gasteiger partial charge in [-0.15, -0.1) is 0 Å². The van der Waals surface area contributed by atoms with Crippen LogP contribution in [0, 0.1) is 11.7 Å². The van der Waals surface area contributed by atoms with E-state index in [4.69, 9.17) is 0 Å². The van der Waals surface area contributed by atoms with Crippen molar-refractivity contribution in [1.29, 1.82) is 0 Å². The Morgan fingerprint density at radius 1 is 1.10 bits per heavy atom. The molecule has 0 unspecified atom stereocenters. The van der Waals surface area contributed by atoms with Crippen LogP contribution in [0.25, 0.3) is 0 Å². The zero-order valence-electron chi connectivity index (χ0n) is 17.4. The highest BCUT2D eigenvalue weighted by molar-refractivity contribution is 6.23. The quantitative estimate of drug-likeness (QED) is 0.713. The summed E-state index contributed by atoms with van der Waals surface area (Å²) >= 11 is 0. The maximum absolute atomic E-state index is 13.8. The first kappa shape index (κ1) is 20.3. The number of carbonyl (C=O) groups is 3. The van der Waals surface area contributed by atoms with Crippen LogP contribution in [0.3, 0.4) is 0 Å². The Morgan fingerprint density at radius 2 is 1.73 bits per heavy atom. The lowest BCUT2D eigenvalue weighted by Crippen LogP contribution is -2.55. The van der Waals surface area contributed by atoms with E-state index in [2.05, 4.69) is 0 Å². The second-order valence-corrected chi connectivity index (χ2v) is 8.54. The minimum Gasteiger partial charge on any atom is -0.308 e. The molecule has 2 aromatic rings. The molecule has 6 heteroatoms. The zero-order chi connectivity index (χ0) is 21.6. The number of benzene rings is 2. The van der Waals surface area contributed by atoms with Crippen molar-refractivity contribution in [1.82, 2.24) is 4.90 Å². The summed E-state index contributed by atoms with van der Waals surface area (Å²) < 4.78 is 13.7. The second kappa shape index (κ2) is 7.67. The van der Waals surface area contributed by atoms with Crippen molar-refractivity contribution < 1.29 is 18.8 Å². The van der Waals surface area contributed by atoms with Gasteiger partial charge in [-0.3, -0.25) is 19.3 Å². The van der Waals surface area contributed by atoms with E-state index in [9.17, 15) is 18.8 Å². The van der Waals surface area contributed by atoms with Crippen LogP contribution in [-0.4, -0.2) is 34.7 Å². The van der Waals surface area contributed by atoms with Crippen molar-refractivity contribution in [3.8, 4) is 0 Å². The molecule has 2 aromatic carbocycles. The number of carbonyl (C=O) groups excluding carboxylic acids is 3. The van der Waals surface area contributed by atoms with E-state index in [1.54, 1.807) is 35.2 Å². The lowest BCUT2D eigenvalue weighted by atomic mass is 9.93. The third-order valence-electron chi connectivity index (χ3n) is 5.93. The van der Waals surface area contributed by atoms with E-state index in [-0.39, 0.29) is 23.7 Å². The lowest BCUT2D eigenvalue weighted by Gasteiger charge is -2.39. The summed E-state index contributed by atoms with van der Waals surface area (Å²) in [7, 11) is 0. The third-order valence-corrected chi connectivity index (χ3v) is 5.93. The largest absolute Gasteiger partial charge is 0.308 e. The molecule has 0 saturated carbocycles. The summed E-state index contributed by atoms with van der Waals surface area (Å²) in [4.78, 5) is 42.7. The fourth-order valence-electron chi connectivity index (χ4n) is 4.47. The summed E-state index contributed by atoms with van der Waals surface area (Å²) in [5.74, 6) is -1.40. The first-order chi connectivity index (χ1) is 14.3. The molecule has 2 atom stereocenters. The number of nitrogens with zero attached hydrogens (tertiary/aromatic N) is 2. The normalized spacial score (nSPS) is 19.2. The van der Waals surface area contributed by atoms with Crippen molar-refractivity contribution in [2.24, 2.45) is 5.92 Å². The number of rotatable bonds is 4. The molecule has 0 bridgehead atoms. The van der Waals surface area contributed by atoms with Crippen molar-refractivity contribution >= 4 is 23.4 Å². The molecule has 30 heavy (non-hydrogen) atoms. The number of fused-ring (bicyclic) bond motifs is 2. The summed E-state index contributed by atoms with van der Waals surface area (Å²) in [6.45, 7) is 5.86. The van der Waals surface area contributed by atoms with Gasteiger partial charge in [-0.1, -0.05) is 26.0 Å². The Balaban J connectivity index is 1.75. The summed E-state index contributed by atoms with van der Waals surface area (Å²) in [5, 5.41) is 0. The molecule has 0 spiro atoms. The third kappa shape index (κ3) is 3.30. The van der Waals surface area contributed by atoms with Gasteiger partial charge in [-0.05, 0) is 68.0 Å². The van der Waals surface area contributed by atoms with Crippen LogP contribution in [0.5, 0.6) is 0 Å². The molecule has 2 aliphatic heterocycles. The average molecular weight is 408 g/mol. The molecule has 0 aliphatic carbocycles. The first-order valence-electron chi connectivity index (χ1n) is 10.4. The zero-order valence-corrected chi connectivity index (χ0v) is 17.4. The average Bonchev–Trinajstić information content (AvgIpc) is 2.96. The molecular formula is C24H25FN2O3. The SMILES string of the molecule is CC(C)C[C@@H](C(=O)N1c2ccc(F)cc2CC[C@@H]1C)N1C(=O)c2ccccc2C1=O. The fraction of sp³-hybridized carbons (Fsp3) is 0.375. The predicted octanol–water partition coefficient (Wildman–Crippen LogP) is 4.20. The molecule has 0 radical (unpaired) electrons. The van der Waals surface area contributed by atoms with Gasteiger partial charge in [0.15, 0.2) is 0 Å². The molecule has 0 N–H and O–H groups in total. The van der Waals surface area contributed by atoms with Crippen molar-refractivity contribution in [3.05, 3.63) is 65.0 Å². The van der Waals surface area contributed by atoms with Gasteiger partial charge in [-0.2, -0.15) is 0 Å². The van der Waals surface area contributed by atoms with Crippen molar-refractivity contribution in [2.75, 3.05) is 4.90 Å². The van der Waals surface area contributed by atoms with Gasteiger partial charge < -0.3 is 4.90 Å². The second-order valence-electron chi connectivity index (χ2n) is 8.54. The Labute approximate surface area is 175 Å². The summed E-state index contributed by atoms with van der Waals surface area (Å²) in [6, 6.07) is 10.1. The predicted molar refractivity (Wildman–Crippen MR) is 112 cm³/mol. The van der Waals surface area contributed by atoms with Gasteiger partial charge in [0.2, 0.25) is 0 Å². The number of hydrogen-bond acceptors (Lipinski definition) is 3. The highest BCUT2D eigenvalue weighted by Gasteiger charge is 2.45. The standard InChI is InChI=1S/C24H25FN2O3/c1-14(2)12-21(27-22(28)18-6-4-5-7-19(18)23(27)29)24(30)26-15(3)8-9-16-13-17(25)10-11-20(16)26/h4-7,10-11,13-15,21H,8-9,12H2,1-3H3/t15-,21-/m0/s1. The van der Waals surface area contributed by atoms with Gasteiger partial charge in [-0.25, -0.2) is 4.39 Å². The molecule has 0 fully saturated rings. The van der Waals surface area contributed by atoms with Crippen molar-refractivity contribution in [3.63, 3.8) is 0 Å². The topological polar surface area (TPSA) is 57.7 Å². The number of imide groups is 1. The maximum atomic E-state index is 13.8. The number of anilines is 1. The van der Waals surface area contributed by atoms with Gasteiger partial charge in [0.25, 0.3) is 17.7 Å². The minimum absolute atomic E-state index is 0.0936. The Bertz CT molecular complexity index is 998. The van der Waals surface area contributed by atoms with E-state index < -0.39 is 17.9 Å². The lowest BCUT2D eigenvalue weighted by molar-refractivity contribution is -0.123. The van der Waals surface area contributed by atoms with Gasteiger partial charge in [0.1, 0.15) is 11.9 Å². The van der Waals surface area contributed by atoms with Crippen LogP contribution >= 0.6 is 0 Å². The van der Waals surface area contributed by atoms with Crippen LogP contribution in [0.4, 0.5) is 10.1 Å². The van der Waals surface area contributed by atoms with Gasteiger partial charge in [0.05, 0.1) is 11.1 Å². The van der Waals surface area contributed by atoms with Gasteiger partial charge >= 0.3 is 0 Å². The monoisotopic (exact) mass is 408 g/mol.